The average Bonchev–Trinajstić information content (AvgIpc) is 2.53. The molecule has 1 aromatic rings. The first-order valence-electron chi connectivity index (χ1n) is 7.53. The summed E-state index contributed by atoms with van der Waals surface area (Å²) < 4.78 is 11.1. The van der Waals surface area contributed by atoms with Gasteiger partial charge in [-0.05, 0) is 45.2 Å². The van der Waals surface area contributed by atoms with Crippen molar-refractivity contribution in [2.24, 2.45) is 5.41 Å². The predicted molar refractivity (Wildman–Crippen MR) is 92.9 cm³/mol. The summed E-state index contributed by atoms with van der Waals surface area (Å²) in [6.45, 7) is 3.98. The van der Waals surface area contributed by atoms with Gasteiger partial charge in [0.2, 0.25) is 0 Å². The van der Waals surface area contributed by atoms with E-state index >= 15 is 0 Å². The summed E-state index contributed by atoms with van der Waals surface area (Å²) in [5.74, 6) is 1.28. The first-order chi connectivity index (χ1) is 10.9. The fourth-order valence-corrected chi connectivity index (χ4v) is 2.55. The first-order valence-corrected chi connectivity index (χ1v) is 8.60. The normalized spacial score (nSPS) is 11.3. The number of carbonyl (C=O) groups is 1. The van der Waals surface area contributed by atoms with E-state index in [-0.39, 0.29) is 0 Å². The van der Waals surface area contributed by atoms with Gasteiger partial charge in [0.15, 0.2) is 0 Å². The second-order valence-corrected chi connectivity index (χ2v) is 6.57. The highest BCUT2D eigenvalue weighted by Crippen LogP contribution is 2.31. The van der Waals surface area contributed by atoms with Crippen LogP contribution in [0.25, 0.3) is 0 Å². The Morgan fingerprint density at radius 1 is 1.13 bits per heavy atom. The third kappa shape index (κ3) is 5.78. The molecule has 0 aliphatic rings. The lowest BCUT2D eigenvalue weighted by atomic mass is 9.87. The van der Waals surface area contributed by atoms with Gasteiger partial charge in [-0.1, -0.05) is 0 Å². The third-order valence-electron chi connectivity index (χ3n) is 3.78. The quantitative estimate of drug-likeness (QED) is 0.478. The molecular weight excluding hydrogens is 339 g/mol. The molecule has 1 aromatic carbocycles. The molecule has 0 aliphatic carbocycles. The van der Waals surface area contributed by atoms with Crippen LogP contribution in [0.2, 0.25) is 0 Å². The smallest absolute Gasteiger partial charge is 0.309 e. The molecule has 0 aromatic heterocycles. The second kappa shape index (κ2) is 9.24. The monoisotopic (exact) mass is 362 g/mol. The molecule has 130 valence electrons. The van der Waals surface area contributed by atoms with Crippen LogP contribution in [0.1, 0.15) is 44.2 Å². The highest BCUT2D eigenvalue weighted by Gasteiger charge is 2.26. The highest BCUT2D eigenvalue weighted by atomic mass is 35.5. The summed E-state index contributed by atoms with van der Waals surface area (Å²) >= 11 is 11.9. The van der Waals surface area contributed by atoms with Crippen molar-refractivity contribution in [3.63, 3.8) is 0 Å². The van der Waals surface area contributed by atoms with Gasteiger partial charge < -0.3 is 14.6 Å². The van der Waals surface area contributed by atoms with E-state index < -0.39 is 11.4 Å². The lowest BCUT2D eigenvalue weighted by molar-refractivity contribution is -0.147. The van der Waals surface area contributed by atoms with Gasteiger partial charge in [-0.2, -0.15) is 0 Å². The number of carboxylic acids is 1. The number of halogens is 2. The van der Waals surface area contributed by atoms with E-state index in [0.717, 1.165) is 24.0 Å². The summed E-state index contributed by atoms with van der Waals surface area (Å²) in [6, 6.07) is 3.69. The number of hydrogen-bond acceptors (Lipinski definition) is 3. The van der Waals surface area contributed by atoms with Gasteiger partial charge in [0.1, 0.15) is 11.5 Å². The van der Waals surface area contributed by atoms with Crippen LogP contribution in [0.5, 0.6) is 11.5 Å². The summed E-state index contributed by atoms with van der Waals surface area (Å²) in [6.07, 6.45) is 2.18. The van der Waals surface area contributed by atoms with E-state index in [1.807, 2.05) is 12.1 Å². The maximum Gasteiger partial charge on any atom is 0.309 e. The number of alkyl halides is 2. The topological polar surface area (TPSA) is 55.8 Å². The Morgan fingerprint density at radius 2 is 1.70 bits per heavy atom. The molecule has 1 rings (SSSR count). The number of ether oxygens (including phenoxy) is 2. The zero-order valence-corrected chi connectivity index (χ0v) is 15.3. The molecule has 0 spiro atoms. The van der Waals surface area contributed by atoms with Crippen LogP contribution in [0.3, 0.4) is 0 Å². The molecule has 0 heterocycles. The molecule has 0 radical (unpaired) electrons. The van der Waals surface area contributed by atoms with Crippen LogP contribution in [0.15, 0.2) is 12.1 Å². The Balaban J connectivity index is 2.59. The molecule has 0 bridgehead atoms. The lowest BCUT2D eigenvalue weighted by Gasteiger charge is -2.19. The minimum atomic E-state index is -0.773. The minimum absolute atomic E-state index is 0.320. The largest absolute Gasteiger partial charge is 0.496 e. The fourth-order valence-electron chi connectivity index (χ4n) is 2.14. The molecular formula is C17H24Cl2O4. The minimum Gasteiger partial charge on any atom is -0.496 e. The number of rotatable bonds is 10. The van der Waals surface area contributed by atoms with Crippen LogP contribution in [-0.4, -0.2) is 24.8 Å². The number of aliphatic carboxylic acids is 1. The molecule has 0 saturated carbocycles. The van der Waals surface area contributed by atoms with E-state index in [1.54, 1.807) is 21.0 Å². The number of methoxy groups -OCH3 is 1. The standard InChI is InChI=1S/C17H24Cl2O4/c1-17(2,16(20)21)6-4-5-7-23-15-9-12(10-18)14(22-3)8-13(15)11-19/h8-9H,4-7,10-11H2,1-3H3,(H,20,21). The van der Waals surface area contributed by atoms with Crippen molar-refractivity contribution in [1.29, 1.82) is 0 Å². The Kier molecular flexibility index (Phi) is 8.00. The van der Waals surface area contributed by atoms with Gasteiger partial charge in [0, 0.05) is 11.1 Å². The van der Waals surface area contributed by atoms with E-state index in [1.165, 1.54) is 0 Å². The summed E-state index contributed by atoms with van der Waals surface area (Å²) in [4.78, 5) is 11.1. The number of carboxylic acid groups (broad SMARTS) is 1. The van der Waals surface area contributed by atoms with Crippen molar-refractivity contribution in [3.8, 4) is 11.5 Å². The van der Waals surface area contributed by atoms with Crippen molar-refractivity contribution in [2.75, 3.05) is 13.7 Å². The maximum absolute atomic E-state index is 11.1. The number of hydrogen-bond donors (Lipinski definition) is 1. The molecule has 0 unspecified atom stereocenters. The number of benzene rings is 1. The molecule has 0 amide bonds. The fraction of sp³-hybridized carbons (Fsp3) is 0.588. The zero-order chi connectivity index (χ0) is 17.5. The summed E-state index contributed by atoms with van der Waals surface area (Å²) in [5, 5.41) is 9.08. The summed E-state index contributed by atoms with van der Waals surface area (Å²) in [5.41, 5.74) is 1.00. The predicted octanol–water partition coefficient (Wildman–Crippen LogP) is 4.83. The molecule has 6 heteroatoms. The molecule has 1 N–H and O–H groups in total. The first kappa shape index (κ1) is 19.9. The van der Waals surface area contributed by atoms with E-state index in [0.29, 0.717) is 36.3 Å². The van der Waals surface area contributed by atoms with Crippen molar-refractivity contribution in [2.45, 2.75) is 44.9 Å². The van der Waals surface area contributed by atoms with Crippen LogP contribution in [0.4, 0.5) is 0 Å². The van der Waals surface area contributed by atoms with Gasteiger partial charge >= 0.3 is 5.97 Å². The molecule has 0 atom stereocenters. The van der Waals surface area contributed by atoms with Gasteiger partial charge in [0.25, 0.3) is 0 Å². The van der Waals surface area contributed by atoms with Crippen molar-refractivity contribution < 1.29 is 19.4 Å². The van der Waals surface area contributed by atoms with Gasteiger partial charge in [-0.25, -0.2) is 0 Å². The Bertz CT molecular complexity index is 530. The Labute approximate surface area is 147 Å². The van der Waals surface area contributed by atoms with Crippen LogP contribution in [0, 0.1) is 5.41 Å². The molecule has 0 aliphatic heterocycles. The SMILES string of the molecule is COc1cc(CCl)c(OCCCCC(C)(C)C(=O)O)cc1CCl. The molecule has 4 nitrogen and oxygen atoms in total. The van der Waals surface area contributed by atoms with Gasteiger partial charge in [-0.3, -0.25) is 4.79 Å². The van der Waals surface area contributed by atoms with Crippen LogP contribution in [-0.2, 0) is 16.6 Å². The number of unbranched alkanes of at least 4 members (excludes halogenated alkanes) is 1. The average molecular weight is 363 g/mol. The summed E-state index contributed by atoms with van der Waals surface area (Å²) in [7, 11) is 1.59. The van der Waals surface area contributed by atoms with Gasteiger partial charge in [0.05, 0.1) is 30.9 Å². The van der Waals surface area contributed by atoms with Crippen molar-refractivity contribution in [1.82, 2.24) is 0 Å². The Hall–Kier alpha value is -1.13. The van der Waals surface area contributed by atoms with E-state index in [4.69, 9.17) is 37.8 Å². The maximum atomic E-state index is 11.1. The van der Waals surface area contributed by atoms with Crippen LogP contribution >= 0.6 is 23.2 Å². The van der Waals surface area contributed by atoms with E-state index in [9.17, 15) is 4.79 Å². The lowest BCUT2D eigenvalue weighted by Crippen LogP contribution is -2.23. The van der Waals surface area contributed by atoms with Crippen LogP contribution < -0.4 is 9.47 Å². The highest BCUT2D eigenvalue weighted by molar-refractivity contribution is 6.18. The second-order valence-electron chi connectivity index (χ2n) is 6.03. The van der Waals surface area contributed by atoms with Crippen molar-refractivity contribution >= 4 is 29.2 Å². The zero-order valence-electron chi connectivity index (χ0n) is 13.8. The van der Waals surface area contributed by atoms with E-state index in [2.05, 4.69) is 0 Å². The molecule has 23 heavy (non-hydrogen) atoms. The molecule has 0 fully saturated rings. The third-order valence-corrected chi connectivity index (χ3v) is 4.36. The van der Waals surface area contributed by atoms with Gasteiger partial charge in [-0.15, -0.1) is 23.2 Å². The Morgan fingerprint density at radius 3 is 2.22 bits per heavy atom. The molecule has 0 saturated heterocycles. The van der Waals surface area contributed by atoms with Crippen molar-refractivity contribution in [3.05, 3.63) is 23.3 Å².